The number of unbranched alkanes of at least 4 members (excludes halogenated alkanes) is 2. The quantitative estimate of drug-likeness (QED) is 0.246. The van der Waals surface area contributed by atoms with Gasteiger partial charge in [0.05, 0.1) is 0 Å². The molecule has 0 aliphatic rings. The van der Waals surface area contributed by atoms with E-state index >= 15 is 0 Å². The molecule has 2 aromatic carbocycles. The van der Waals surface area contributed by atoms with Gasteiger partial charge in [0.2, 0.25) is 0 Å². The molecule has 0 spiro atoms. The first kappa shape index (κ1) is 24.8. The van der Waals surface area contributed by atoms with Crippen molar-refractivity contribution in [3.05, 3.63) is 48.5 Å². The number of hydrogen-bond acceptors (Lipinski definition) is 6. The van der Waals surface area contributed by atoms with E-state index in [4.69, 9.17) is 35.9 Å². The molecule has 0 saturated carbocycles. The van der Waals surface area contributed by atoms with Crippen LogP contribution in [-0.2, 0) is 0 Å². The first-order valence-corrected chi connectivity index (χ1v) is 13.1. The third kappa shape index (κ3) is 7.65. The van der Waals surface area contributed by atoms with Gasteiger partial charge in [-0.1, -0.05) is 63.3 Å². The average molecular weight is 479 g/mol. The fraction of sp³-hybridized carbons (Fsp3) is 0.364. The van der Waals surface area contributed by atoms with E-state index in [9.17, 15) is 0 Å². The van der Waals surface area contributed by atoms with Crippen LogP contribution in [0.1, 0.15) is 39.5 Å². The number of nitrogen functional groups attached to an aromatic ring is 2. The molecule has 0 aliphatic heterocycles. The molecule has 2 rings (SSSR count). The largest absolute Gasteiger partial charge is 0.399 e. The van der Waals surface area contributed by atoms with E-state index in [1.807, 2.05) is 48.5 Å². The average Bonchev–Trinajstić information content (AvgIpc) is 2.73. The summed E-state index contributed by atoms with van der Waals surface area (Å²) in [5, 5.41) is 0. The molecule has 0 aliphatic carbocycles. The van der Waals surface area contributed by atoms with Crippen LogP contribution in [0.3, 0.4) is 0 Å². The van der Waals surface area contributed by atoms with Gasteiger partial charge in [-0.15, -0.1) is 0 Å². The van der Waals surface area contributed by atoms with E-state index < -0.39 is 0 Å². The Kier molecular flexibility index (Phi) is 10.8. The Bertz CT molecular complexity index is 774. The second kappa shape index (κ2) is 13.0. The summed E-state index contributed by atoms with van der Waals surface area (Å²) in [6, 6.07) is 15.7. The Morgan fingerprint density at radius 2 is 1.17 bits per heavy atom. The van der Waals surface area contributed by atoms with E-state index in [1.54, 1.807) is 0 Å². The fourth-order valence-electron chi connectivity index (χ4n) is 2.83. The lowest BCUT2D eigenvalue weighted by Gasteiger charge is -2.27. The monoisotopic (exact) mass is 478 g/mol. The zero-order chi connectivity index (χ0) is 21.9. The molecule has 0 unspecified atom stereocenters. The maximum absolute atomic E-state index is 5.99. The standard InChI is InChI=1S/C22H30N4S4/c1-3-5-13-25(19-11-7-9-17(23)15-19)21(27)29-30-22(28)26(14-6-4-2)20-12-8-10-18(24)16-20/h7-12,15-16H,3-6,13-14,23-24H2,1-2H3. The van der Waals surface area contributed by atoms with E-state index in [1.165, 1.54) is 21.6 Å². The lowest BCUT2D eigenvalue weighted by Crippen LogP contribution is -2.30. The molecule has 30 heavy (non-hydrogen) atoms. The number of rotatable bonds is 8. The molecule has 2 aromatic rings. The van der Waals surface area contributed by atoms with Crippen molar-refractivity contribution < 1.29 is 0 Å². The van der Waals surface area contributed by atoms with E-state index in [0.29, 0.717) is 0 Å². The minimum atomic E-state index is 0.734. The summed E-state index contributed by atoms with van der Waals surface area (Å²) >= 11 is 11.5. The number of thiocarbonyl (C=S) groups is 2. The van der Waals surface area contributed by atoms with Crippen molar-refractivity contribution >= 4 is 77.4 Å². The predicted octanol–water partition coefficient (Wildman–Crippen LogP) is 6.72. The number of nitrogens with two attached hydrogens (primary N) is 2. The van der Waals surface area contributed by atoms with Crippen molar-refractivity contribution in [2.75, 3.05) is 34.4 Å². The zero-order valence-corrected chi connectivity index (χ0v) is 20.8. The Balaban J connectivity index is 2.10. The lowest BCUT2D eigenvalue weighted by molar-refractivity contribution is 0.800. The molecule has 4 N–H and O–H groups in total. The topological polar surface area (TPSA) is 58.5 Å². The minimum absolute atomic E-state index is 0.734. The van der Waals surface area contributed by atoms with Crippen molar-refractivity contribution in [3.8, 4) is 0 Å². The van der Waals surface area contributed by atoms with Crippen molar-refractivity contribution in [3.63, 3.8) is 0 Å². The van der Waals surface area contributed by atoms with Crippen LogP contribution in [0.25, 0.3) is 0 Å². The maximum Gasteiger partial charge on any atom is 0.151 e. The molecular formula is C22H30N4S4. The second-order valence-corrected chi connectivity index (χ2v) is 10.3. The van der Waals surface area contributed by atoms with Gasteiger partial charge in [0.15, 0.2) is 8.64 Å². The summed E-state index contributed by atoms with van der Waals surface area (Å²) in [7, 11) is 3.05. The van der Waals surface area contributed by atoms with Crippen LogP contribution in [-0.4, -0.2) is 21.7 Å². The van der Waals surface area contributed by atoms with Crippen LogP contribution in [0.5, 0.6) is 0 Å². The SMILES string of the molecule is CCCCN(C(=S)SSC(=S)N(CCCC)c1cccc(N)c1)c1cccc(N)c1. The van der Waals surface area contributed by atoms with Crippen molar-refractivity contribution in [1.29, 1.82) is 0 Å². The van der Waals surface area contributed by atoms with Crippen LogP contribution >= 0.6 is 46.0 Å². The number of nitrogens with zero attached hydrogens (tertiary/aromatic N) is 2. The van der Waals surface area contributed by atoms with E-state index in [0.717, 1.165) is 70.2 Å². The van der Waals surface area contributed by atoms with Crippen LogP contribution < -0.4 is 21.3 Å². The third-order valence-corrected chi connectivity index (χ3v) is 8.04. The Morgan fingerprint density at radius 1 is 0.767 bits per heavy atom. The summed E-state index contributed by atoms with van der Waals surface area (Å²) in [6.07, 6.45) is 4.29. The van der Waals surface area contributed by atoms with Crippen molar-refractivity contribution in [1.82, 2.24) is 0 Å². The van der Waals surface area contributed by atoms with Gasteiger partial charge in [-0.2, -0.15) is 0 Å². The highest BCUT2D eigenvalue weighted by Gasteiger charge is 2.18. The first-order valence-electron chi connectivity index (χ1n) is 10.1. The predicted molar refractivity (Wildman–Crippen MR) is 147 cm³/mol. The molecule has 0 heterocycles. The van der Waals surface area contributed by atoms with E-state index in [-0.39, 0.29) is 0 Å². The van der Waals surface area contributed by atoms with Crippen LogP contribution in [0.15, 0.2) is 48.5 Å². The summed E-state index contributed by atoms with van der Waals surface area (Å²) in [5.74, 6) is 0. The third-order valence-electron chi connectivity index (χ3n) is 4.46. The summed E-state index contributed by atoms with van der Waals surface area (Å²) in [6.45, 7) is 6.06. The van der Waals surface area contributed by atoms with Crippen LogP contribution in [0, 0.1) is 0 Å². The molecule has 162 valence electrons. The molecule has 0 atom stereocenters. The first-order chi connectivity index (χ1) is 14.5. The summed E-state index contributed by atoms with van der Waals surface area (Å²) < 4.78 is 1.56. The molecule has 4 nitrogen and oxygen atoms in total. The number of hydrogen-bond donors (Lipinski definition) is 2. The maximum atomic E-state index is 5.99. The molecular weight excluding hydrogens is 449 g/mol. The number of anilines is 4. The fourth-order valence-corrected chi connectivity index (χ4v) is 5.52. The molecule has 8 heteroatoms. The highest BCUT2D eigenvalue weighted by atomic mass is 33.1. The molecule has 0 radical (unpaired) electrons. The summed E-state index contributed by atoms with van der Waals surface area (Å²) in [5.41, 5.74) is 15.5. The molecule has 0 fully saturated rings. The van der Waals surface area contributed by atoms with Gasteiger partial charge < -0.3 is 21.3 Å². The van der Waals surface area contributed by atoms with Gasteiger partial charge in [-0.05, 0) is 70.8 Å². The second-order valence-electron chi connectivity index (χ2n) is 6.90. The van der Waals surface area contributed by atoms with Crippen LogP contribution in [0.2, 0.25) is 0 Å². The van der Waals surface area contributed by atoms with Gasteiger partial charge in [0, 0.05) is 35.8 Å². The van der Waals surface area contributed by atoms with Gasteiger partial charge in [0.1, 0.15) is 0 Å². The van der Waals surface area contributed by atoms with Gasteiger partial charge in [0.25, 0.3) is 0 Å². The zero-order valence-electron chi connectivity index (χ0n) is 17.5. The van der Waals surface area contributed by atoms with Gasteiger partial charge in [-0.25, -0.2) is 0 Å². The minimum Gasteiger partial charge on any atom is -0.399 e. The molecule has 0 saturated heterocycles. The number of benzene rings is 2. The molecule has 0 amide bonds. The van der Waals surface area contributed by atoms with Crippen molar-refractivity contribution in [2.45, 2.75) is 39.5 Å². The smallest absolute Gasteiger partial charge is 0.151 e. The Hall–Kier alpha value is -1.48. The highest BCUT2D eigenvalue weighted by molar-refractivity contribution is 8.89. The normalized spacial score (nSPS) is 10.6. The van der Waals surface area contributed by atoms with Gasteiger partial charge >= 0.3 is 0 Å². The molecule has 0 bridgehead atoms. The lowest BCUT2D eigenvalue weighted by atomic mass is 10.2. The molecule has 0 aromatic heterocycles. The summed E-state index contributed by atoms with van der Waals surface area (Å²) in [4.78, 5) is 4.29. The Morgan fingerprint density at radius 3 is 1.50 bits per heavy atom. The van der Waals surface area contributed by atoms with E-state index in [2.05, 4.69) is 23.6 Å². The highest BCUT2D eigenvalue weighted by Crippen LogP contribution is 2.33. The Labute approximate surface area is 199 Å². The van der Waals surface area contributed by atoms with Crippen LogP contribution in [0.4, 0.5) is 22.7 Å². The van der Waals surface area contributed by atoms with Gasteiger partial charge in [-0.3, -0.25) is 0 Å². The van der Waals surface area contributed by atoms with Crippen molar-refractivity contribution in [2.24, 2.45) is 0 Å².